The molecule has 128 valence electrons. The van der Waals surface area contributed by atoms with Gasteiger partial charge in [0.1, 0.15) is 5.75 Å². The number of amides is 3. The van der Waals surface area contributed by atoms with E-state index >= 15 is 0 Å². The molecule has 6 nitrogen and oxygen atoms in total. The Kier molecular flexibility index (Phi) is 4.79. The lowest BCUT2D eigenvalue weighted by Gasteiger charge is -2.14. The molecule has 1 aliphatic rings. The average Bonchev–Trinajstić information content (AvgIpc) is 2.94. The number of imide groups is 1. The molecule has 1 aliphatic heterocycles. The summed E-state index contributed by atoms with van der Waals surface area (Å²) >= 11 is 0. The fourth-order valence-electron chi connectivity index (χ4n) is 2.69. The van der Waals surface area contributed by atoms with Crippen molar-refractivity contribution in [2.45, 2.75) is 19.4 Å². The van der Waals surface area contributed by atoms with Crippen LogP contribution in [-0.4, -0.2) is 29.7 Å². The molecule has 0 aliphatic carbocycles. The van der Waals surface area contributed by atoms with Crippen LogP contribution in [0.2, 0.25) is 0 Å². The molecule has 1 saturated heterocycles. The highest BCUT2D eigenvalue weighted by molar-refractivity contribution is 6.05. The Morgan fingerprint density at radius 3 is 2.32 bits per heavy atom. The Labute approximate surface area is 145 Å². The van der Waals surface area contributed by atoms with E-state index in [4.69, 9.17) is 4.74 Å². The molecule has 0 spiro atoms. The summed E-state index contributed by atoms with van der Waals surface area (Å²) in [6.07, 6.45) is 0.552. The predicted octanol–water partition coefficient (Wildman–Crippen LogP) is 2.60. The number of benzene rings is 2. The quantitative estimate of drug-likeness (QED) is 0.850. The number of rotatable bonds is 5. The SMILES string of the molecule is COc1ccccc1NC(=O)c1ccc(CN2C(=O)CCC2=O)cc1. The molecule has 3 rings (SSSR count). The van der Waals surface area contributed by atoms with Gasteiger partial charge in [-0.2, -0.15) is 0 Å². The molecule has 0 saturated carbocycles. The molecule has 25 heavy (non-hydrogen) atoms. The number of ether oxygens (including phenoxy) is 1. The van der Waals surface area contributed by atoms with Crippen LogP contribution in [-0.2, 0) is 16.1 Å². The van der Waals surface area contributed by atoms with E-state index in [0.717, 1.165) is 5.56 Å². The van der Waals surface area contributed by atoms with E-state index in [-0.39, 0.29) is 37.1 Å². The van der Waals surface area contributed by atoms with Gasteiger partial charge in [0.2, 0.25) is 11.8 Å². The molecule has 0 aromatic heterocycles. The van der Waals surface area contributed by atoms with Crippen LogP contribution in [0.3, 0.4) is 0 Å². The van der Waals surface area contributed by atoms with Crippen molar-refractivity contribution in [2.24, 2.45) is 0 Å². The molecule has 0 radical (unpaired) electrons. The van der Waals surface area contributed by atoms with Crippen molar-refractivity contribution in [1.82, 2.24) is 4.90 Å². The third kappa shape index (κ3) is 3.68. The van der Waals surface area contributed by atoms with Crippen LogP contribution in [0.5, 0.6) is 5.75 Å². The summed E-state index contributed by atoms with van der Waals surface area (Å²) in [5.41, 5.74) is 1.87. The minimum Gasteiger partial charge on any atom is -0.495 e. The van der Waals surface area contributed by atoms with E-state index in [2.05, 4.69) is 5.32 Å². The van der Waals surface area contributed by atoms with Crippen molar-refractivity contribution in [3.63, 3.8) is 0 Å². The number of likely N-dealkylation sites (tertiary alicyclic amines) is 1. The summed E-state index contributed by atoms with van der Waals surface area (Å²) in [5, 5.41) is 2.80. The second-order valence-corrected chi connectivity index (χ2v) is 5.72. The number of anilines is 1. The van der Waals surface area contributed by atoms with E-state index in [0.29, 0.717) is 17.0 Å². The maximum absolute atomic E-state index is 12.4. The van der Waals surface area contributed by atoms with Gasteiger partial charge < -0.3 is 10.1 Å². The predicted molar refractivity (Wildman–Crippen MR) is 92.2 cm³/mol. The zero-order chi connectivity index (χ0) is 17.8. The lowest BCUT2D eigenvalue weighted by Crippen LogP contribution is -2.28. The summed E-state index contributed by atoms with van der Waals surface area (Å²) in [4.78, 5) is 36.9. The first kappa shape index (κ1) is 16.7. The van der Waals surface area contributed by atoms with Crippen molar-refractivity contribution < 1.29 is 19.1 Å². The van der Waals surface area contributed by atoms with Gasteiger partial charge in [-0.25, -0.2) is 0 Å². The van der Waals surface area contributed by atoms with Gasteiger partial charge in [-0.05, 0) is 29.8 Å². The molecule has 0 unspecified atom stereocenters. The van der Waals surface area contributed by atoms with E-state index in [1.165, 1.54) is 4.90 Å². The van der Waals surface area contributed by atoms with E-state index in [1.54, 1.807) is 43.5 Å². The topological polar surface area (TPSA) is 75.7 Å². The Morgan fingerprint density at radius 2 is 1.68 bits per heavy atom. The molecule has 2 aromatic carbocycles. The van der Waals surface area contributed by atoms with Crippen LogP contribution >= 0.6 is 0 Å². The second-order valence-electron chi connectivity index (χ2n) is 5.72. The fourth-order valence-corrected chi connectivity index (χ4v) is 2.69. The first-order chi connectivity index (χ1) is 12.1. The van der Waals surface area contributed by atoms with Crippen LogP contribution in [0.15, 0.2) is 48.5 Å². The zero-order valence-electron chi connectivity index (χ0n) is 13.8. The third-order valence-corrected chi connectivity index (χ3v) is 4.07. The summed E-state index contributed by atoms with van der Waals surface area (Å²) in [6, 6.07) is 14.0. The van der Waals surface area contributed by atoms with Crippen LogP contribution < -0.4 is 10.1 Å². The molecule has 1 heterocycles. The highest BCUT2D eigenvalue weighted by atomic mass is 16.5. The van der Waals surface area contributed by atoms with Crippen LogP contribution in [0.25, 0.3) is 0 Å². The lowest BCUT2D eigenvalue weighted by molar-refractivity contribution is -0.139. The summed E-state index contributed by atoms with van der Waals surface area (Å²) in [6.45, 7) is 0.242. The highest BCUT2D eigenvalue weighted by Crippen LogP contribution is 2.24. The van der Waals surface area contributed by atoms with Crippen LogP contribution in [0.1, 0.15) is 28.8 Å². The highest BCUT2D eigenvalue weighted by Gasteiger charge is 2.28. The molecule has 1 N–H and O–H groups in total. The van der Waals surface area contributed by atoms with Gasteiger partial charge in [0, 0.05) is 18.4 Å². The van der Waals surface area contributed by atoms with Gasteiger partial charge in [-0.3, -0.25) is 19.3 Å². The smallest absolute Gasteiger partial charge is 0.255 e. The van der Waals surface area contributed by atoms with Crippen molar-refractivity contribution in [3.05, 3.63) is 59.7 Å². The molecule has 0 atom stereocenters. The fraction of sp³-hybridized carbons (Fsp3) is 0.211. The molecular formula is C19H18N2O4. The van der Waals surface area contributed by atoms with Crippen molar-refractivity contribution >= 4 is 23.4 Å². The number of nitrogens with zero attached hydrogens (tertiary/aromatic N) is 1. The number of para-hydroxylation sites is 2. The zero-order valence-corrected chi connectivity index (χ0v) is 13.8. The van der Waals surface area contributed by atoms with Crippen molar-refractivity contribution in [3.8, 4) is 5.75 Å². The summed E-state index contributed by atoms with van der Waals surface area (Å²) in [7, 11) is 1.54. The number of methoxy groups -OCH3 is 1. The number of hydrogen-bond acceptors (Lipinski definition) is 4. The number of hydrogen-bond donors (Lipinski definition) is 1. The molecular weight excluding hydrogens is 320 g/mol. The van der Waals surface area contributed by atoms with Gasteiger partial charge in [0.15, 0.2) is 0 Å². The van der Waals surface area contributed by atoms with Crippen LogP contribution in [0.4, 0.5) is 5.69 Å². The standard InChI is InChI=1S/C19H18N2O4/c1-25-16-5-3-2-4-15(16)20-19(24)14-8-6-13(7-9-14)12-21-17(22)10-11-18(21)23/h2-9H,10-12H2,1H3,(H,20,24). The minimum absolute atomic E-state index is 0.150. The number of nitrogens with one attached hydrogen (secondary N) is 1. The van der Waals surface area contributed by atoms with Gasteiger partial charge in [-0.15, -0.1) is 0 Å². The molecule has 3 amide bonds. The normalized spacial score (nSPS) is 13.9. The molecule has 6 heteroatoms. The molecule has 2 aromatic rings. The van der Waals surface area contributed by atoms with Gasteiger partial charge in [-0.1, -0.05) is 24.3 Å². The maximum atomic E-state index is 12.4. The number of carbonyl (C=O) groups is 3. The molecule has 0 bridgehead atoms. The monoisotopic (exact) mass is 338 g/mol. The lowest BCUT2D eigenvalue weighted by atomic mass is 10.1. The van der Waals surface area contributed by atoms with Crippen LogP contribution in [0, 0.1) is 0 Å². The van der Waals surface area contributed by atoms with Crippen molar-refractivity contribution in [2.75, 3.05) is 12.4 Å². The maximum Gasteiger partial charge on any atom is 0.255 e. The van der Waals surface area contributed by atoms with Gasteiger partial charge >= 0.3 is 0 Å². The Morgan fingerprint density at radius 1 is 1.04 bits per heavy atom. The van der Waals surface area contributed by atoms with Crippen molar-refractivity contribution in [1.29, 1.82) is 0 Å². The van der Waals surface area contributed by atoms with E-state index < -0.39 is 0 Å². The summed E-state index contributed by atoms with van der Waals surface area (Å²) < 4.78 is 5.21. The third-order valence-electron chi connectivity index (χ3n) is 4.07. The van der Waals surface area contributed by atoms with Gasteiger partial charge in [0.25, 0.3) is 5.91 Å². The first-order valence-electron chi connectivity index (χ1n) is 7.95. The first-order valence-corrected chi connectivity index (χ1v) is 7.95. The summed E-state index contributed by atoms with van der Waals surface area (Å²) in [5.74, 6) is 0.0221. The Hall–Kier alpha value is -3.15. The largest absolute Gasteiger partial charge is 0.495 e. The second kappa shape index (κ2) is 7.17. The molecule has 1 fully saturated rings. The minimum atomic E-state index is -0.260. The average molecular weight is 338 g/mol. The van der Waals surface area contributed by atoms with E-state index in [1.807, 2.05) is 12.1 Å². The number of carbonyl (C=O) groups excluding carboxylic acids is 3. The Balaban J connectivity index is 1.68. The van der Waals surface area contributed by atoms with E-state index in [9.17, 15) is 14.4 Å². The van der Waals surface area contributed by atoms with Gasteiger partial charge in [0.05, 0.1) is 19.3 Å². The Bertz CT molecular complexity index is 798.